The maximum atomic E-state index is 6.28. The van der Waals surface area contributed by atoms with Gasteiger partial charge in [-0.05, 0) is 48.5 Å². The molecule has 1 atom stereocenters. The van der Waals surface area contributed by atoms with Gasteiger partial charge in [0.15, 0.2) is 0 Å². The summed E-state index contributed by atoms with van der Waals surface area (Å²) < 4.78 is 8.63. The summed E-state index contributed by atoms with van der Waals surface area (Å²) in [6, 6.07) is 0.122. The number of aromatic nitrogens is 2. The fourth-order valence-electron chi connectivity index (χ4n) is 2.76. The van der Waals surface area contributed by atoms with E-state index in [1.54, 1.807) is 7.11 Å². The monoisotopic (exact) mass is 315 g/mol. The van der Waals surface area contributed by atoms with Crippen molar-refractivity contribution in [2.45, 2.75) is 50.7 Å². The van der Waals surface area contributed by atoms with E-state index < -0.39 is 0 Å². The van der Waals surface area contributed by atoms with E-state index in [0.29, 0.717) is 0 Å². The first-order chi connectivity index (χ1) is 8.47. The fraction of sp³-hybridized carbons (Fsp3) is 0.769. The molecule has 4 nitrogen and oxygen atoms in total. The number of rotatable bonds is 5. The highest BCUT2D eigenvalue weighted by Gasteiger charge is 2.38. The number of aryl methyl sites for hydroxylation is 2. The Morgan fingerprint density at radius 2 is 2.22 bits per heavy atom. The minimum atomic E-state index is 0.0412. The molecule has 0 saturated heterocycles. The second-order valence-electron chi connectivity index (χ2n) is 5.38. The van der Waals surface area contributed by atoms with E-state index >= 15 is 0 Å². The van der Waals surface area contributed by atoms with E-state index in [0.717, 1.165) is 35.8 Å². The van der Waals surface area contributed by atoms with Crippen LogP contribution < -0.4 is 5.73 Å². The minimum absolute atomic E-state index is 0.0412. The lowest BCUT2D eigenvalue weighted by atomic mass is 9.75. The van der Waals surface area contributed by atoms with Gasteiger partial charge in [-0.25, -0.2) is 0 Å². The van der Waals surface area contributed by atoms with E-state index in [2.05, 4.69) is 21.0 Å². The molecular weight excluding hydrogens is 294 g/mol. The van der Waals surface area contributed by atoms with Gasteiger partial charge in [-0.3, -0.25) is 4.68 Å². The summed E-state index contributed by atoms with van der Waals surface area (Å²) in [4.78, 5) is 0. The Morgan fingerprint density at radius 3 is 2.61 bits per heavy atom. The zero-order valence-electron chi connectivity index (χ0n) is 11.4. The molecule has 0 aromatic carbocycles. The molecule has 5 heteroatoms. The molecule has 1 fully saturated rings. The van der Waals surface area contributed by atoms with Crippen LogP contribution in [0.25, 0.3) is 0 Å². The predicted octanol–water partition coefficient (Wildman–Crippen LogP) is 2.32. The molecular formula is C13H22BrN3O. The Labute approximate surface area is 117 Å². The third kappa shape index (κ3) is 2.63. The van der Waals surface area contributed by atoms with Gasteiger partial charge < -0.3 is 10.5 Å². The Balaban J connectivity index is 2.00. The molecule has 1 aliphatic carbocycles. The van der Waals surface area contributed by atoms with E-state index in [9.17, 15) is 0 Å². The van der Waals surface area contributed by atoms with Gasteiger partial charge in [0.2, 0.25) is 0 Å². The molecule has 1 unspecified atom stereocenters. The van der Waals surface area contributed by atoms with Crippen molar-refractivity contribution in [3.05, 3.63) is 15.9 Å². The van der Waals surface area contributed by atoms with Crippen molar-refractivity contribution in [3.63, 3.8) is 0 Å². The molecule has 1 aliphatic rings. The van der Waals surface area contributed by atoms with E-state index in [-0.39, 0.29) is 11.6 Å². The second-order valence-corrected chi connectivity index (χ2v) is 6.17. The molecule has 1 aromatic rings. The first kappa shape index (κ1) is 14.0. The summed E-state index contributed by atoms with van der Waals surface area (Å²) in [6.07, 6.45) is 5.31. The molecule has 2 N–H and O–H groups in total. The average Bonchev–Trinajstić information content (AvgIpc) is 2.51. The first-order valence-electron chi connectivity index (χ1n) is 6.46. The van der Waals surface area contributed by atoms with Crippen LogP contribution in [-0.2, 0) is 18.2 Å². The Bertz CT molecular complexity index is 421. The Kier molecular flexibility index (Phi) is 4.14. The van der Waals surface area contributed by atoms with E-state index in [4.69, 9.17) is 10.5 Å². The van der Waals surface area contributed by atoms with Crippen LogP contribution in [0, 0.1) is 6.92 Å². The molecule has 0 bridgehead atoms. The minimum Gasteiger partial charge on any atom is -0.378 e. The van der Waals surface area contributed by atoms with Gasteiger partial charge in [0.25, 0.3) is 0 Å². The number of hydrogen-bond donors (Lipinski definition) is 1. The number of methoxy groups -OCH3 is 1. The first-order valence-corrected chi connectivity index (χ1v) is 7.25. The highest BCUT2D eigenvalue weighted by atomic mass is 79.9. The van der Waals surface area contributed by atoms with E-state index in [1.807, 2.05) is 18.7 Å². The van der Waals surface area contributed by atoms with Gasteiger partial charge >= 0.3 is 0 Å². The summed E-state index contributed by atoms with van der Waals surface area (Å²) in [5.41, 5.74) is 8.51. The highest BCUT2D eigenvalue weighted by Crippen LogP contribution is 2.39. The Hall–Kier alpha value is -0.390. The third-order valence-electron chi connectivity index (χ3n) is 4.05. The number of nitrogens with zero attached hydrogens (tertiary/aromatic N) is 2. The second kappa shape index (κ2) is 5.31. The molecule has 0 spiro atoms. The summed E-state index contributed by atoms with van der Waals surface area (Å²) in [5.74, 6) is 0. The lowest BCUT2D eigenvalue weighted by Crippen LogP contribution is -2.45. The van der Waals surface area contributed by atoms with Crippen LogP contribution in [0.4, 0.5) is 0 Å². The number of ether oxygens (including phenoxy) is 1. The average molecular weight is 316 g/mol. The lowest BCUT2D eigenvalue weighted by molar-refractivity contribution is -0.0814. The molecule has 0 radical (unpaired) electrons. The van der Waals surface area contributed by atoms with Crippen LogP contribution in [0.15, 0.2) is 4.47 Å². The van der Waals surface area contributed by atoms with Crippen molar-refractivity contribution < 1.29 is 4.74 Å². The van der Waals surface area contributed by atoms with Crippen LogP contribution in [0.3, 0.4) is 0 Å². The van der Waals surface area contributed by atoms with Crippen molar-refractivity contribution in [1.82, 2.24) is 9.78 Å². The van der Waals surface area contributed by atoms with Gasteiger partial charge in [0.05, 0.1) is 21.5 Å². The van der Waals surface area contributed by atoms with Crippen molar-refractivity contribution >= 4 is 15.9 Å². The molecule has 2 rings (SSSR count). The summed E-state index contributed by atoms with van der Waals surface area (Å²) in [5, 5.41) is 4.40. The van der Waals surface area contributed by atoms with Crippen molar-refractivity contribution in [2.75, 3.05) is 7.11 Å². The quantitative estimate of drug-likeness (QED) is 0.907. The van der Waals surface area contributed by atoms with Gasteiger partial charge in [0.1, 0.15) is 0 Å². The smallest absolute Gasteiger partial charge is 0.0738 e. The largest absolute Gasteiger partial charge is 0.378 e. The van der Waals surface area contributed by atoms with Crippen LogP contribution >= 0.6 is 15.9 Å². The number of nitrogens with two attached hydrogens (primary N) is 1. The lowest BCUT2D eigenvalue weighted by Gasteiger charge is -2.42. The van der Waals surface area contributed by atoms with Crippen molar-refractivity contribution in [1.29, 1.82) is 0 Å². The van der Waals surface area contributed by atoms with Gasteiger partial charge in [-0.1, -0.05) is 0 Å². The third-order valence-corrected chi connectivity index (χ3v) is 5.08. The van der Waals surface area contributed by atoms with Crippen molar-refractivity contribution in [2.24, 2.45) is 12.8 Å². The standard InChI is InChI=1S/C13H22BrN3O/c1-9-12(14)11(17(2)16-9)7-10(15)8-13(18-3)5-4-6-13/h10H,4-8,15H2,1-3H3. The molecule has 1 heterocycles. The van der Waals surface area contributed by atoms with Crippen LogP contribution in [-0.4, -0.2) is 28.5 Å². The van der Waals surface area contributed by atoms with Gasteiger partial charge in [-0.2, -0.15) is 5.10 Å². The molecule has 1 saturated carbocycles. The van der Waals surface area contributed by atoms with Crippen molar-refractivity contribution in [3.8, 4) is 0 Å². The topological polar surface area (TPSA) is 53.1 Å². The highest BCUT2D eigenvalue weighted by molar-refractivity contribution is 9.10. The Morgan fingerprint density at radius 1 is 1.56 bits per heavy atom. The van der Waals surface area contributed by atoms with E-state index in [1.165, 1.54) is 12.1 Å². The molecule has 0 aliphatic heterocycles. The SMILES string of the molecule is COC1(CC(N)Cc2c(Br)c(C)nn2C)CCC1. The maximum absolute atomic E-state index is 6.28. The number of hydrogen-bond acceptors (Lipinski definition) is 3. The summed E-state index contributed by atoms with van der Waals surface area (Å²) in [6.45, 7) is 2.00. The maximum Gasteiger partial charge on any atom is 0.0738 e. The summed E-state index contributed by atoms with van der Waals surface area (Å²) >= 11 is 3.59. The van der Waals surface area contributed by atoms with Gasteiger partial charge in [0, 0.05) is 26.6 Å². The molecule has 18 heavy (non-hydrogen) atoms. The van der Waals surface area contributed by atoms with Gasteiger partial charge in [-0.15, -0.1) is 0 Å². The molecule has 1 aromatic heterocycles. The molecule has 102 valence electrons. The number of halogens is 1. The normalized spacial score (nSPS) is 19.6. The molecule has 0 amide bonds. The zero-order chi connectivity index (χ0) is 13.3. The van der Waals surface area contributed by atoms with Crippen LogP contribution in [0.1, 0.15) is 37.1 Å². The predicted molar refractivity (Wildman–Crippen MR) is 75.5 cm³/mol. The van der Waals surface area contributed by atoms with Crippen LogP contribution in [0.5, 0.6) is 0 Å². The van der Waals surface area contributed by atoms with Crippen LogP contribution in [0.2, 0.25) is 0 Å². The fourth-order valence-corrected chi connectivity index (χ4v) is 3.26. The summed E-state index contributed by atoms with van der Waals surface area (Å²) in [7, 11) is 3.77. The zero-order valence-corrected chi connectivity index (χ0v) is 13.0.